The molecule has 4 nitrogen and oxygen atoms in total. The van der Waals surface area contributed by atoms with E-state index in [2.05, 4.69) is 16.1 Å². The van der Waals surface area contributed by atoms with Gasteiger partial charge in [0.05, 0.1) is 6.42 Å². The van der Waals surface area contributed by atoms with Crippen LogP contribution in [0, 0.1) is 0 Å². The summed E-state index contributed by atoms with van der Waals surface area (Å²) in [7, 11) is 0. The van der Waals surface area contributed by atoms with Crippen LogP contribution in [0.2, 0.25) is 0 Å². The highest BCUT2D eigenvalue weighted by atomic mass is 16.5. The SMILES string of the molecule is C=CCOC(=O)C(CC)=[N+]=[N-]. The Morgan fingerprint density at radius 2 is 2.45 bits per heavy atom. The van der Waals surface area contributed by atoms with Crippen molar-refractivity contribution in [1.82, 2.24) is 0 Å². The Hall–Kier alpha value is -1.41. The van der Waals surface area contributed by atoms with Crippen LogP contribution in [0.4, 0.5) is 0 Å². The monoisotopic (exact) mass is 154 g/mol. The maximum absolute atomic E-state index is 10.8. The lowest BCUT2D eigenvalue weighted by Gasteiger charge is -1.94. The molecule has 0 aromatic rings. The predicted octanol–water partition coefficient (Wildman–Crippen LogP) is 0.796. The summed E-state index contributed by atoms with van der Waals surface area (Å²) < 4.78 is 4.59. The van der Waals surface area contributed by atoms with Crippen LogP contribution in [-0.2, 0) is 9.53 Å². The van der Waals surface area contributed by atoms with E-state index < -0.39 is 5.97 Å². The van der Waals surface area contributed by atoms with Crippen LogP contribution in [0.25, 0.3) is 5.53 Å². The van der Waals surface area contributed by atoms with Crippen LogP contribution in [-0.4, -0.2) is 23.1 Å². The van der Waals surface area contributed by atoms with Gasteiger partial charge in [-0.05, 0) is 0 Å². The molecule has 0 aromatic heterocycles. The van der Waals surface area contributed by atoms with E-state index in [1.807, 2.05) is 0 Å². The Balaban J connectivity index is 4.01. The van der Waals surface area contributed by atoms with Crippen molar-refractivity contribution in [3.63, 3.8) is 0 Å². The average molecular weight is 154 g/mol. The Morgan fingerprint density at radius 1 is 1.82 bits per heavy atom. The molecule has 11 heavy (non-hydrogen) atoms. The minimum atomic E-state index is -0.602. The molecule has 0 aliphatic rings. The highest BCUT2D eigenvalue weighted by Gasteiger charge is 2.17. The van der Waals surface area contributed by atoms with E-state index in [-0.39, 0.29) is 12.3 Å². The Labute approximate surface area is 65.1 Å². The number of rotatable bonds is 4. The fourth-order valence-corrected chi connectivity index (χ4v) is 0.474. The van der Waals surface area contributed by atoms with Crippen molar-refractivity contribution in [1.29, 1.82) is 0 Å². The minimum Gasteiger partial charge on any atom is -0.453 e. The van der Waals surface area contributed by atoms with E-state index in [0.717, 1.165) is 0 Å². The molecule has 0 unspecified atom stereocenters. The Kier molecular flexibility index (Phi) is 4.69. The van der Waals surface area contributed by atoms with Gasteiger partial charge in [-0.2, -0.15) is 4.79 Å². The van der Waals surface area contributed by atoms with Crippen LogP contribution in [0.15, 0.2) is 12.7 Å². The number of carbonyl (C=O) groups is 1. The van der Waals surface area contributed by atoms with Crippen molar-refractivity contribution in [2.24, 2.45) is 0 Å². The van der Waals surface area contributed by atoms with Gasteiger partial charge in [-0.25, -0.2) is 4.79 Å². The number of carbonyl (C=O) groups excluding carboxylic acids is 1. The molecule has 0 saturated carbocycles. The van der Waals surface area contributed by atoms with Gasteiger partial charge >= 0.3 is 11.7 Å². The zero-order valence-electron chi connectivity index (χ0n) is 6.41. The molecule has 0 aromatic carbocycles. The summed E-state index contributed by atoms with van der Waals surface area (Å²) in [5.41, 5.74) is 8.28. The van der Waals surface area contributed by atoms with Gasteiger partial charge in [0.25, 0.3) is 0 Å². The third-order valence-electron chi connectivity index (χ3n) is 1.02. The highest BCUT2D eigenvalue weighted by Crippen LogP contribution is 1.86. The zero-order valence-corrected chi connectivity index (χ0v) is 6.41. The summed E-state index contributed by atoms with van der Waals surface area (Å²) in [6, 6.07) is 0. The smallest absolute Gasteiger partial charge is 0.417 e. The topological polar surface area (TPSA) is 62.7 Å². The van der Waals surface area contributed by atoms with Gasteiger partial charge in [-0.1, -0.05) is 19.6 Å². The van der Waals surface area contributed by atoms with Crippen molar-refractivity contribution in [3.8, 4) is 0 Å². The molecule has 0 atom stereocenters. The molecular weight excluding hydrogens is 144 g/mol. The van der Waals surface area contributed by atoms with E-state index >= 15 is 0 Å². The molecule has 4 heteroatoms. The van der Waals surface area contributed by atoms with Gasteiger partial charge in [0, 0.05) is 0 Å². The molecule has 0 bridgehead atoms. The molecule has 0 rings (SSSR count). The van der Waals surface area contributed by atoms with Crippen molar-refractivity contribution in [2.75, 3.05) is 6.61 Å². The lowest BCUT2D eigenvalue weighted by molar-refractivity contribution is -0.139. The molecule has 0 amide bonds. The van der Waals surface area contributed by atoms with Crippen LogP contribution in [0.3, 0.4) is 0 Å². The van der Waals surface area contributed by atoms with Crippen molar-refractivity contribution < 1.29 is 14.3 Å². The molecule has 0 N–H and O–H groups in total. The predicted molar refractivity (Wildman–Crippen MR) is 40.1 cm³/mol. The first kappa shape index (κ1) is 9.59. The quantitative estimate of drug-likeness (QED) is 0.197. The van der Waals surface area contributed by atoms with Crippen molar-refractivity contribution >= 4 is 11.7 Å². The van der Waals surface area contributed by atoms with Crippen LogP contribution in [0.5, 0.6) is 0 Å². The molecule has 0 radical (unpaired) electrons. The van der Waals surface area contributed by atoms with E-state index in [9.17, 15) is 4.79 Å². The number of ether oxygens (including phenoxy) is 1. The van der Waals surface area contributed by atoms with E-state index in [4.69, 9.17) is 5.53 Å². The van der Waals surface area contributed by atoms with E-state index in [0.29, 0.717) is 6.42 Å². The maximum atomic E-state index is 10.8. The summed E-state index contributed by atoms with van der Waals surface area (Å²) >= 11 is 0. The van der Waals surface area contributed by atoms with Crippen LogP contribution in [0.1, 0.15) is 13.3 Å². The standard InChI is InChI=1S/C7H10N2O2/c1-3-5-11-7(10)6(4-2)9-8/h3H,1,4-5H2,2H3. The first-order chi connectivity index (χ1) is 5.26. The Morgan fingerprint density at radius 3 is 2.82 bits per heavy atom. The molecule has 0 saturated heterocycles. The van der Waals surface area contributed by atoms with Crippen molar-refractivity contribution in [2.45, 2.75) is 13.3 Å². The molecule has 60 valence electrons. The second-order valence-corrected chi connectivity index (χ2v) is 1.79. The third-order valence-corrected chi connectivity index (χ3v) is 1.02. The van der Waals surface area contributed by atoms with Crippen LogP contribution < -0.4 is 0 Å². The maximum Gasteiger partial charge on any atom is 0.417 e. The van der Waals surface area contributed by atoms with E-state index in [1.165, 1.54) is 6.08 Å². The number of hydrogen-bond donors (Lipinski definition) is 0. The Bertz CT molecular complexity index is 204. The minimum absolute atomic E-state index is 0.0202. The molecule has 0 fully saturated rings. The molecule has 0 aliphatic heterocycles. The third kappa shape index (κ3) is 3.33. The first-order valence-electron chi connectivity index (χ1n) is 3.25. The molecule has 0 spiro atoms. The van der Waals surface area contributed by atoms with Crippen LogP contribution >= 0.6 is 0 Å². The van der Waals surface area contributed by atoms with Gasteiger partial charge < -0.3 is 10.3 Å². The summed E-state index contributed by atoms with van der Waals surface area (Å²) in [6.45, 7) is 5.20. The lowest BCUT2D eigenvalue weighted by atomic mass is 10.3. The number of nitrogens with zero attached hydrogens (tertiary/aromatic N) is 2. The highest BCUT2D eigenvalue weighted by molar-refractivity contribution is 6.33. The summed E-state index contributed by atoms with van der Waals surface area (Å²) in [6.07, 6.45) is 1.80. The zero-order chi connectivity index (χ0) is 8.69. The van der Waals surface area contributed by atoms with Crippen molar-refractivity contribution in [3.05, 3.63) is 18.2 Å². The first-order valence-corrected chi connectivity index (χ1v) is 3.25. The second-order valence-electron chi connectivity index (χ2n) is 1.79. The summed E-state index contributed by atoms with van der Waals surface area (Å²) in [5.74, 6) is -0.602. The molecular formula is C7H10N2O2. The van der Waals surface area contributed by atoms with Gasteiger partial charge in [-0.15, -0.1) is 0 Å². The lowest BCUT2D eigenvalue weighted by Crippen LogP contribution is -2.17. The number of esters is 1. The molecule has 0 aliphatic carbocycles. The van der Waals surface area contributed by atoms with Gasteiger partial charge in [-0.3, -0.25) is 0 Å². The normalized spacial score (nSPS) is 8.09. The van der Waals surface area contributed by atoms with Gasteiger partial charge in [0.15, 0.2) is 0 Å². The second kappa shape index (κ2) is 5.38. The summed E-state index contributed by atoms with van der Waals surface area (Å²) in [4.78, 5) is 13.6. The number of hydrogen-bond acceptors (Lipinski definition) is 2. The summed E-state index contributed by atoms with van der Waals surface area (Å²) in [5, 5.41) is 0. The fraction of sp³-hybridized carbons (Fsp3) is 0.429. The largest absolute Gasteiger partial charge is 0.453 e. The van der Waals surface area contributed by atoms with Gasteiger partial charge in [0.2, 0.25) is 0 Å². The fourth-order valence-electron chi connectivity index (χ4n) is 0.474. The van der Waals surface area contributed by atoms with Gasteiger partial charge in [0.1, 0.15) is 6.61 Å². The van der Waals surface area contributed by atoms with E-state index in [1.54, 1.807) is 6.92 Å². The average Bonchev–Trinajstić information content (AvgIpc) is 2.03. The molecule has 0 heterocycles.